The van der Waals surface area contributed by atoms with Crippen molar-refractivity contribution in [3.63, 3.8) is 0 Å². The summed E-state index contributed by atoms with van der Waals surface area (Å²) in [6.07, 6.45) is 0.198. The van der Waals surface area contributed by atoms with Gasteiger partial charge in [-0.05, 0) is 24.3 Å². The molecule has 122 valence electrons. The summed E-state index contributed by atoms with van der Waals surface area (Å²) in [6.45, 7) is 6.05. The van der Waals surface area contributed by atoms with Gasteiger partial charge in [-0.25, -0.2) is 0 Å². The normalized spacial score (nSPS) is 12.8. The average molecular weight is 329 g/mol. The number of amides is 1. The third kappa shape index (κ3) is 5.99. The molecule has 0 aliphatic heterocycles. The number of nitro groups is 1. The van der Waals surface area contributed by atoms with E-state index in [-0.39, 0.29) is 28.5 Å². The van der Waals surface area contributed by atoms with Crippen molar-refractivity contribution in [3.8, 4) is 0 Å². The van der Waals surface area contributed by atoms with Crippen LogP contribution >= 0.6 is 11.6 Å². The molecule has 0 fully saturated rings. The van der Waals surface area contributed by atoms with Crippen LogP contribution in [0.1, 0.15) is 32.8 Å². The molecule has 7 heteroatoms. The lowest BCUT2D eigenvalue weighted by molar-refractivity contribution is -0.384. The summed E-state index contributed by atoms with van der Waals surface area (Å²) in [4.78, 5) is 22.1. The van der Waals surface area contributed by atoms with E-state index in [9.17, 15) is 20.0 Å². The maximum absolute atomic E-state index is 11.9. The van der Waals surface area contributed by atoms with Gasteiger partial charge in [-0.2, -0.15) is 0 Å². The smallest absolute Gasteiger partial charge is 0.270 e. The Morgan fingerprint density at radius 3 is 2.64 bits per heavy atom. The van der Waals surface area contributed by atoms with E-state index in [1.54, 1.807) is 6.92 Å². The fourth-order valence-electron chi connectivity index (χ4n) is 2.24. The molecule has 0 heterocycles. The van der Waals surface area contributed by atoms with Gasteiger partial charge < -0.3 is 10.4 Å². The van der Waals surface area contributed by atoms with Crippen LogP contribution in [-0.4, -0.2) is 28.6 Å². The molecule has 1 aromatic carbocycles. The van der Waals surface area contributed by atoms with Crippen molar-refractivity contribution in [1.29, 1.82) is 0 Å². The van der Waals surface area contributed by atoms with Crippen molar-refractivity contribution in [3.05, 3.63) is 38.9 Å². The van der Waals surface area contributed by atoms with E-state index >= 15 is 0 Å². The summed E-state index contributed by atoms with van der Waals surface area (Å²) >= 11 is 5.96. The van der Waals surface area contributed by atoms with Crippen LogP contribution in [0.5, 0.6) is 0 Å². The van der Waals surface area contributed by atoms with Crippen LogP contribution in [0.25, 0.3) is 0 Å². The number of aliphatic hydroxyl groups excluding tert-OH is 1. The van der Waals surface area contributed by atoms with Crippen molar-refractivity contribution >= 4 is 23.2 Å². The summed E-state index contributed by atoms with van der Waals surface area (Å²) < 4.78 is 0. The molecule has 0 spiro atoms. The third-order valence-electron chi connectivity index (χ3n) is 3.21. The van der Waals surface area contributed by atoms with Crippen LogP contribution < -0.4 is 5.32 Å². The van der Waals surface area contributed by atoms with E-state index in [0.29, 0.717) is 18.5 Å². The van der Waals surface area contributed by atoms with Gasteiger partial charge >= 0.3 is 0 Å². The summed E-state index contributed by atoms with van der Waals surface area (Å²) in [6, 6.07) is 4.05. The zero-order chi connectivity index (χ0) is 16.9. The zero-order valence-corrected chi connectivity index (χ0v) is 13.7. The number of hydrogen-bond acceptors (Lipinski definition) is 4. The monoisotopic (exact) mass is 328 g/mol. The minimum absolute atomic E-state index is 0.0571. The molecule has 1 unspecified atom stereocenters. The minimum Gasteiger partial charge on any atom is -0.393 e. The van der Waals surface area contributed by atoms with Gasteiger partial charge in [0.05, 0.1) is 22.5 Å². The van der Waals surface area contributed by atoms with Crippen molar-refractivity contribution in [1.82, 2.24) is 5.32 Å². The fraction of sp³-hybridized carbons (Fsp3) is 0.533. The number of carbonyl (C=O) groups is 1. The molecule has 6 nitrogen and oxygen atoms in total. The van der Waals surface area contributed by atoms with Gasteiger partial charge in [-0.15, -0.1) is 0 Å². The Bertz CT molecular complexity index is 558. The summed E-state index contributed by atoms with van der Waals surface area (Å²) in [5.41, 5.74) is 0.216. The number of benzene rings is 1. The molecular formula is C15H21ClN2O4. The molecule has 0 saturated carbocycles. The summed E-state index contributed by atoms with van der Waals surface area (Å²) in [5, 5.41) is 23.0. The topological polar surface area (TPSA) is 92.5 Å². The average Bonchev–Trinajstić information content (AvgIpc) is 2.37. The highest BCUT2D eigenvalue weighted by Gasteiger charge is 2.21. The van der Waals surface area contributed by atoms with Gasteiger partial charge in [0.15, 0.2) is 0 Å². The first-order valence-corrected chi connectivity index (χ1v) is 7.36. The molecule has 0 aromatic heterocycles. The second-order valence-corrected chi connectivity index (χ2v) is 6.61. The van der Waals surface area contributed by atoms with E-state index in [1.807, 2.05) is 13.8 Å². The molecular weight excluding hydrogens is 308 g/mol. The molecule has 1 atom stereocenters. The Kier molecular flexibility index (Phi) is 6.32. The van der Waals surface area contributed by atoms with Gasteiger partial charge in [-0.3, -0.25) is 14.9 Å². The molecule has 0 saturated heterocycles. The van der Waals surface area contributed by atoms with Gasteiger partial charge in [-0.1, -0.05) is 31.5 Å². The SMILES string of the molecule is CC(O)CC(C)(C)CNC(=O)Cc1ccc([N+](=O)[O-])cc1Cl. The molecule has 1 aromatic rings. The lowest BCUT2D eigenvalue weighted by Gasteiger charge is -2.26. The molecule has 1 amide bonds. The van der Waals surface area contributed by atoms with Crippen LogP contribution in [0.3, 0.4) is 0 Å². The van der Waals surface area contributed by atoms with Crippen molar-refractivity contribution < 1.29 is 14.8 Å². The number of nitrogens with zero attached hydrogens (tertiary/aromatic N) is 1. The maximum Gasteiger partial charge on any atom is 0.270 e. The van der Waals surface area contributed by atoms with E-state index in [2.05, 4.69) is 5.32 Å². The number of carbonyl (C=O) groups excluding carboxylic acids is 1. The fourth-order valence-corrected chi connectivity index (χ4v) is 2.48. The molecule has 22 heavy (non-hydrogen) atoms. The van der Waals surface area contributed by atoms with Gasteiger partial charge in [0.1, 0.15) is 0 Å². The second kappa shape index (κ2) is 7.56. The molecule has 0 aliphatic rings. The Hall–Kier alpha value is -1.66. The van der Waals surface area contributed by atoms with E-state index in [1.165, 1.54) is 18.2 Å². The second-order valence-electron chi connectivity index (χ2n) is 6.20. The third-order valence-corrected chi connectivity index (χ3v) is 3.56. The Balaban J connectivity index is 2.61. The highest BCUT2D eigenvalue weighted by atomic mass is 35.5. The lowest BCUT2D eigenvalue weighted by Crippen LogP contribution is -2.36. The van der Waals surface area contributed by atoms with E-state index in [4.69, 9.17) is 11.6 Å². The van der Waals surface area contributed by atoms with Crippen molar-refractivity contribution in [2.75, 3.05) is 6.54 Å². The number of nitrogens with one attached hydrogen (secondary N) is 1. The summed E-state index contributed by atoms with van der Waals surface area (Å²) in [5.74, 6) is -0.213. The maximum atomic E-state index is 11.9. The molecule has 1 rings (SSSR count). The van der Waals surface area contributed by atoms with Gasteiger partial charge in [0, 0.05) is 18.7 Å². The Morgan fingerprint density at radius 2 is 2.14 bits per heavy atom. The number of hydrogen-bond donors (Lipinski definition) is 2. The Morgan fingerprint density at radius 1 is 1.50 bits per heavy atom. The zero-order valence-electron chi connectivity index (χ0n) is 12.9. The quantitative estimate of drug-likeness (QED) is 0.594. The molecule has 0 bridgehead atoms. The van der Waals surface area contributed by atoms with Crippen LogP contribution in [0, 0.1) is 15.5 Å². The first-order valence-electron chi connectivity index (χ1n) is 6.98. The first kappa shape index (κ1) is 18.4. The number of non-ortho nitro benzene ring substituents is 1. The first-order chi connectivity index (χ1) is 10.1. The lowest BCUT2D eigenvalue weighted by atomic mass is 9.87. The highest BCUT2D eigenvalue weighted by Crippen LogP contribution is 2.23. The van der Waals surface area contributed by atoms with E-state index < -0.39 is 11.0 Å². The standard InChI is InChI=1S/C15H21ClN2O4/c1-10(19)8-15(2,3)9-17-14(20)6-11-4-5-12(18(21)22)7-13(11)16/h4-5,7,10,19H,6,8-9H2,1-3H3,(H,17,20). The molecule has 2 N–H and O–H groups in total. The summed E-state index contributed by atoms with van der Waals surface area (Å²) in [7, 11) is 0. The van der Waals surface area contributed by atoms with Crippen molar-refractivity contribution in [2.24, 2.45) is 5.41 Å². The van der Waals surface area contributed by atoms with Crippen LogP contribution in [0.15, 0.2) is 18.2 Å². The van der Waals surface area contributed by atoms with Crippen LogP contribution in [0.2, 0.25) is 5.02 Å². The van der Waals surface area contributed by atoms with Crippen LogP contribution in [0.4, 0.5) is 5.69 Å². The number of halogens is 1. The number of aliphatic hydroxyl groups is 1. The number of nitro benzene ring substituents is 1. The van der Waals surface area contributed by atoms with Gasteiger partial charge in [0.2, 0.25) is 5.91 Å². The number of rotatable bonds is 7. The van der Waals surface area contributed by atoms with E-state index in [0.717, 1.165) is 0 Å². The highest BCUT2D eigenvalue weighted by molar-refractivity contribution is 6.31. The van der Waals surface area contributed by atoms with Crippen LogP contribution in [-0.2, 0) is 11.2 Å². The minimum atomic E-state index is -0.533. The predicted molar refractivity (Wildman–Crippen MR) is 84.9 cm³/mol. The van der Waals surface area contributed by atoms with Gasteiger partial charge in [0.25, 0.3) is 5.69 Å². The predicted octanol–water partition coefficient (Wildman–Crippen LogP) is 2.70. The van der Waals surface area contributed by atoms with Crippen molar-refractivity contribution in [2.45, 2.75) is 39.7 Å². The molecule has 0 aliphatic carbocycles. The molecule has 0 radical (unpaired) electrons. The Labute approximate surface area is 134 Å². The largest absolute Gasteiger partial charge is 0.393 e.